The molecule has 7 nitrogen and oxygen atoms in total. The van der Waals surface area contributed by atoms with Crippen molar-refractivity contribution < 1.29 is 23.1 Å². The van der Waals surface area contributed by atoms with Crippen LogP contribution in [0.2, 0.25) is 0 Å². The van der Waals surface area contributed by atoms with Gasteiger partial charge in [0.1, 0.15) is 0 Å². The second kappa shape index (κ2) is 6.39. The highest BCUT2D eigenvalue weighted by molar-refractivity contribution is 7.91. The summed E-state index contributed by atoms with van der Waals surface area (Å²) in [7, 11) is -4.04. The van der Waals surface area contributed by atoms with Crippen LogP contribution in [0.15, 0.2) is 24.3 Å². The molecule has 1 rings (SSSR count). The van der Waals surface area contributed by atoms with Crippen molar-refractivity contribution >= 4 is 22.0 Å². The molecule has 0 spiro atoms. The van der Waals surface area contributed by atoms with E-state index in [2.05, 4.69) is 9.46 Å². The Morgan fingerprint density at radius 3 is 2.37 bits per heavy atom. The lowest BCUT2D eigenvalue weighted by atomic mass is 10.2. The molecule has 106 valence electrons. The van der Waals surface area contributed by atoms with Crippen LogP contribution in [0.3, 0.4) is 0 Å². The Kier molecular flexibility index (Phi) is 5.13. The molecule has 0 aliphatic heterocycles. The first-order valence-corrected chi connectivity index (χ1v) is 7.01. The molecule has 0 aliphatic carbocycles. The molecule has 8 heteroatoms. The van der Waals surface area contributed by atoms with E-state index < -0.39 is 22.4 Å². The molecule has 1 aromatic rings. The largest absolute Gasteiger partial charge is 0.446 e. The molecule has 19 heavy (non-hydrogen) atoms. The van der Waals surface area contributed by atoms with Gasteiger partial charge < -0.3 is 9.84 Å². The minimum atomic E-state index is -4.04. The predicted octanol–water partition coefficient (Wildman–Crippen LogP) is 0.970. The average Bonchev–Trinajstić information content (AvgIpc) is 2.27. The molecule has 0 aromatic heterocycles. The van der Waals surface area contributed by atoms with Crippen molar-refractivity contribution in [1.82, 2.24) is 4.72 Å². The van der Waals surface area contributed by atoms with Gasteiger partial charge in [0.2, 0.25) is 0 Å². The van der Waals surface area contributed by atoms with Gasteiger partial charge in [-0.15, -0.1) is 0 Å². The van der Waals surface area contributed by atoms with Gasteiger partial charge in [-0.3, -0.25) is 4.72 Å². The molecule has 0 radical (unpaired) electrons. The molecular formula is C11H16N2O5S. The van der Waals surface area contributed by atoms with E-state index in [0.717, 1.165) is 0 Å². The summed E-state index contributed by atoms with van der Waals surface area (Å²) in [6.07, 6.45) is -1.46. The van der Waals surface area contributed by atoms with Crippen LogP contribution in [0.25, 0.3) is 0 Å². The molecule has 0 bridgehead atoms. The van der Waals surface area contributed by atoms with Crippen LogP contribution >= 0.6 is 0 Å². The molecule has 0 aliphatic rings. The first-order chi connectivity index (χ1) is 8.82. The Morgan fingerprint density at radius 2 is 1.89 bits per heavy atom. The Hall–Kier alpha value is -1.80. The van der Waals surface area contributed by atoms with E-state index in [1.54, 1.807) is 30.7 Å². The Bertz CT molecular complexity index is 525. The van der Waals surface area contributed by atoms with Crippen molar-refractivity contribution in [1.29, 1.82) is 0 Å². The van der Waals surface area contributed by atoms with Crippen molar-refractivity contribution in [2.45, 2.75) is 26.6 Å². The van der Waals surface area contributed by atoms with Crippen LogP contribution in [0, 0.1) is 0 Å². The Labute approximate surface area is 111 Å². The van der Waals surface area contributed by atoms with Crippen LogP contribution < -0.4 is 9.44 Å². The van der Waals surface area contributed by atoms with E-state index >= 15 is 0 Å². The van der Waals surface area contributed by atoms with Gasteiger partial charge in [-0.05, 0) is 31.5 Å². The number of anilines is 1. The summed E-state index contributed by atoms with van der Waals surface area (Å²) in [6.45, 7) is 3.08. The van der Waals surface area contributed by atoms with Gasteiger partial charge in [-0.1, -0.05) is 12.1 Å². The van der Waals surface area contributed by atoms with Crippen molar-refractivity contribution in [2.75, 3.05) is 4.72 Å². The van der Waals surface area contributed by atoms with E-state index in [-0.39, 0.29) is 12.3 Å². The minimum Gasteiger partial charge on any atom is -0.446 e. The van der Waals surface area contributed by atoms with Crippen molar-refractivity contribution in [3.63, 3.8) is 0 Å². The van der Waals surface area contributed by atoms with Crippen molar-refractivity contribution in [2.24, 2.45) is 0 Å². The third kappa shape index (κ3) is 5.58. The van der Waals surface area contributed by atoms with E-state index in [4.69, 9.17) is 5.11 Å². The van der Waals surface area contributed by atoms with Crippen LogP contribution in [-0.4, -0.2) is 25.7 Å². The molecule has 0 heterocycles. The molecule has 0 unspecified atom stereocenters. The van der Waals surface area contributed by atoms with Crippen LogP contribution in [0.1, 0.15) is 19.4 Å². The monoisotopic (exact) mass is 288 g/mol. The van der Waals surface area contributed by atoms with E-state index in [0.29, 0.717) is 5.56 Å². The standard InChI is InChI=1S/C11H16N2O5S/c1-8(2)18-11(15)13-19(16,17)12-10-5-3-9(7-14)4-6-10/h3-6,8,12,14H,7H2,1-2H3,(H,13,15). The predicted molar refractivity (Wildman–Crippen MR) is 69.7 cm³/mol. The highest BCUT2D eigenvalue weighted by Gasteiger charge is 2.16. The summed E-state index contributed by atoms with van der Waals surface area (Å²) >= 11 is 0. The number of benzene rings is 1. The number of hydrogen-bond acceptors (Lipinski definition) is 5. The zero-order chi connectivity index (χ0) is 14.5. The molecule has 0 saturated carbocycles. The molecule has 1 amide bonds. The maximum absolute atomic E-state index is 11.6. The van der Waals surface area contributed by atoms with Gasteiger partial charge in [-0.25, -0.2) is 9.52 Å². The minimum absolute atomic E-state index is 0.133. The summed E-state index contributed by atoms with van der Waals surface area (Å²) in [5.74, 6) is 0. The van der Waals surface area contributed by atoms with Crippen LogP contribution in [0.4, 0.5) is 10.5 Å². The molecule has 1 aromatic carbocycles. The quantitative estimate of drug-likeness (QED) is 0.749. The van der Waals surface area contributed by atoms with Gasteiger partial charge in [0.15, 0.2) is 0 Å². The Morgan fingerprint density at radius 1 is 1.32 bits per heavy atom. The second-order valence-corrected chi connectivity index (χ2v) is 5.43. The molecule has 0 atom stereocenters. The highest BCUT2D eigenvalue weighted by atomic mass is 32.2. The van der Waals surface area contributed by atoms with Gasteiger partial charge in [0, 0.05) is 0 Å². The van der Waals surface area contributed by atoms with E-state index in [9.17, 15) is 13.2 Å². The summed E-state index contributed by atoms with van der Waals surface area (Å²) in [5, 5.41) is 8.85. The van der Waals surface area contributed by atoms with E-state index in [1.807, 2.05) is 0 Å². The number of carbonyl (C=O) groups excluding carboxylic acids is 1. The number of nitrogens with one attached hydrogen (secondary N) is 2. The number of aliphatic hydroxyl groups is 1. The van der Waals surface area contributed by atoms with E-state index in [1.165, 1.54) is 12.1 Å². The van der Waals surface area contributed by atoms with Crippen molar-refractivity contribution in [3.05, 3.63) is 29.8 Å². The second-order valence-electron chi connectivity index (χ2n) is 4.02. The first-order valence-electron chi connectivity index (χ1n) is 5.53. The molecule has 3 N–H and O–H groups in total. The number of hydrogen-bond donors (Lipinski definition) is 3. The van der Waals surface area contributed by atoms with Gasteiger partial charge >= 0.3 is 16.3 Å². The van der Waals surface area contributed by atoms with Crippen LogP contribution in [0.5, 0.6) is 0 Å². The third-order valence-electron chi connectivity index (χ3n) is 1.95. The molecule has 0 saturated heterocycles. The topological polar surface area (TPSA) is 105 Å². The fraction of sp³-hybridized carbons (Fsp3) is 0.364. The number of aliphatic hydroxyl groups excluding tert-OH is 1. The maximum Gasteiger partial charge on any atom is 0.422 e. The Balaban J connectivity index is 2.65. The van der Waals surface area contributed by atoms with Crippen molar-refractivity contribution in [3.8, 4) is 0 Å². The molecule has 0 fully saturated rings. The average molecular weight is 288 g/mol. The fourth-order valence-electron chi connectivity index (χ4n) is 1.21. The third-order valence-corrected chi connectivity index (χ3v) is 2.89. The van der Waals surface area contributed by atoms with Gasteiger partial charge in [0.25, 0.3) is 0 Å². The SMILES string of the molecule is CC(C)OC(=O)NS(=O)(=O)Nc1ccc(CO)cc1. The summed E-state index contributed by atoms with van der Waals surface area (Å²) in [4.78, 5) is 11.2. The molecular weight excluding hydrogens is 272 g/mol. The summed E-state index contributed by atoms with van der Waals surface area (Å²) in [6, 6.07) is 6.06. The lowest BCUT2D eigenvalue weighted by Crippen LogP contribution is -2.36. The maximum atomic E-state index is 11.6. The fourth-order valence-corrected chi connectivity index (χ4v) is 1.97. The van der Waals surface area contributed by atoms with Gasteiger partial charge in [0.05, 0.1) is 18.4 Å². The first kappa shape index (κ1) is 15.3. The number of rotatable bonds is 5. The lowest BCUT2D eigenvalue weighted by Gasteiger charge is -2.11. The summed E-state index contributed by atoms with van der Waals surface area (Å²) < 4.78 is 31.7. The van der Waals surface area contributed by atoms with Crippen LogP contribution in [-0.2, 0) is 21.6 Å². The normalized spacial score (nSPS) is 11.2. The zero-order valence-corrected chi connectivity index (χ0v) is 11.4. The number of ether oxygens (including phenoxy) is 1. The smallest absolute Gasteiger partial charge is 0.422 e. The number of amides is 1. The lowest BCUT2D eigenvalue weighted by molar-refractivity contribution is 0.121. The number of carbonyl (C=O) groups is 1. The highest BCUT2D eigenvalue weighted by Crippen LogP contribution is 2.10. The summed E-state index contributed by atoms with van der Waals surface area (Å²) in [5.41, 5.74) is 0.914. The zero-order valence-electron chi connectivity index (χ0n) is 10.6. The van der Waals surface area contributed by atoms with Gasteiger partial charge in [-0.2, -0.15) is 8.42 Å².